The van der Waals surface area contributed by atoms with E-state index < -0.39 is 16.6 Å². The fourth-order valence-electron chi connectivity index (χ4n) is 1.83. The smallest absolute Gasteiger partial charge is 0.291 e. The molecule has 0 saturated heterocycles. The summed E-state index contributed by atoms with van der Waals surface area (Å²) >= 11 is 0.792. The molecule has 0 fully saturated rings. The number of nitro groups is 1. The molecule has 2 aromatic rings. The number of ketones is 1. The van der Waals surface area contributed by atoms with E-state index in [-0.39, 0.29) is 9.88 Å². The molecule has 0 aliphatic heterocycles. The van der Waals surface area contributed by atoms with Crippen LogP contribution < -0.4 is 0 Å². The van der Waals surface area contributed by atoms with Crippen LogP contribution in [0.1, 0.15) is 26.7 Å². The molecule has 100 valence electrons. The summed E-state index contributed by atoms with van der Waals surface area (Å²) < 4.78 is 0. The molecule has 20 heavy (non-hydrogen) atoms. The Bertz CT molecular complexity index is 715. The Labute approximate surface area is 119 Å². The summed E-state index contributed by atoms with van der Waals surface area (Å²) in [6.45, 7) is 1.87. The van der Waals surface area contributed by atoms with Crippen molar-refractivity contribution in [3.63, 3.8) is 0 Å². The molecule has 6 heteroatoms. The van der Waals surface area contributed by atoms with Crippen molar-refractivity contribution < 1.29 is 9.72 Å². The van der Waals surface area contributed by atoms with Crippen molar-refractivity contribution in [2.24, 2.45) is 0 Å². The van der Waals surface area contributed by atoms with Gasteiger partial charge >= 0.3 is 5.00 Å². The van der Waals surface area contributed by atoms with E-state index in [2.05, 4.69) is 0 Å². The molecule has 5 nitrogen and oxygen atoms in total. The van der Waals surface area contributed by atoms with Gasteiger partial charge in [0.05, 0.1) is 15.9 Å². The summed E-state index contributed by atoms with van der Waals surface area (Å²) in [5.41, 5.74) is 1.56. The highest BCUT2D eigenvalue weighted by atomic mass is 32.1. The van der Waals surface area contributed by atoms with Crippen LogP contribution in [0.5, 0.6) is 0 Å². The lowest BCUT2D eigenvalue weighted by molar-refractivity contribution is -0.380. The first-order valence-electron chi connectivity index (χ1n) is 5.77. The molecule has 0 saturated carbocycles. The number of nitriles is 1. The molecule has 0 N–H and O–H groups in total. The lowest BCUT2D eigenvalue weighted by Crippen LogP contribution is -2.09. The number of thiophene rings is 1. The highest BCUT2D eigenvalue weighted by molar-refractivity contribution is 7.17. The average Bonchev–Trinajstić information content (AvgIpc) is 2.89. The van der Waals surface area contributed by atoms with Gasteiger partial charge < -0.3 is 0 Å². The van der Waals surface area contributed by atoms with Gasteiger partial charge in [-0.3, -0.25) is 14.9 Å². The van der Waals surface area contributed by atoms with Crippen LogP contribution >= 0.6 is 11.3 Å². The standard InChI is InChI=1S/C14H10N2O3S/c1-9-3-2-4-10(7-9)11(8-15)14(17)12-5-6-13(20-12)16(18)19/h2-7,11H,1H3. The Morgan fingerprint density at radius 2 is 2.15 bits per heavy atom. The highest BCUT2D eigenvalue weighted by Crippen LogP contribution is 2.29. The van der Waals surface area contributed by atoms with Gasteiger partial charge in [0.1, 0.15) is 5.92 Å². The molecule has 0 spiro atoms. The molecule has 0 aliphatic rings. The van der Waals surface area contributed by atoms with Crippen molar-refractivity contribution in [3.8, 4) is 6.07 Å². The Morgan fingerprint density at radius 1 is 1.40 bits per heavy atom. The number of benzene rings is 1. The zero-order valence-corrected chi connectivity index (χ0v) is 11.4. The lowest BCUT2D eigenvalue weighted by Gasteiger charge is -2.07. The van der Waals surface area contributed by atoms with Crippen LogP contribution in [0.3, 0.4) is 0 Å². The number of rotatable bonds is 4. The molecule has 0 aliphatic carbocycles. The quantitative estimate of drug-likeness (QED) is 0.489. The van der Waals surface area contributed by atoms with E-state index in [0.717, 1.165) is 16.9 Å². The summed E-state index contributed by atoms with van der Waals surface area (Å²) in [5, 5.41) is 19.7. The van der Waals surface area contributed by atoms with Gasteiger partial charge in [0.25, 0.3) is 0 Å². The van der Waals surface area contributed by atoms with Gasteiger partial charge in [-0.2, -0.15) is 5.26 Å². The molecular formula is C14H10N2O3S. The van der Waals surface area contributed by atoms with Crippen LogP contribution in [-0.4, -0.2) is 10.7 Å². The van der Waals surface area contributed by atoms with E-state index in [4.69, 9.17) is 0 Å². The second kappa shape index (κ2) is 5.63. The molecule has 2 rings (SSSR count). The molecule has 0 radical (unpaired) electrons. The molecule has 1 atom stereocenters. The van der Waals surface area contributed by atoms with Crippen molar-refractivity contribution in [1.29, 1.82) is 5.26 Å². The van der Waals surface area contributed by atoms with Crippen LogP contribution in [-0.2, 0) is 0 Å². The van der Waals surface area contributed by atoms with Gasteiger partial charge in [-0.15, -0.1) is 0 Å². The van der Waals surface area contributed by atoms with Gasteiger partial charge in [0, 0.05) is 6.07 Å². The summed E-state index contributed by atoms with van der Waals surface area (Å²) in [6, 6.07) is 11.8. The Morgan fingerprint density at radius 3 is 2.70 bits per heavy atom. The number of carbonyl (C=O) groups is 1. The first-order valence-corrected chi connectivity index (χ1v) is 6.59. The van der Waals surface area contributed by atoms with Gasteiger partial charge in [-0.05, 0) is 18.6 Å². The number of carbonyl (C=O) groups excluding carboxylic acids is 1. The maximum Gasteiger partial charge on any atom is 0.324 e. The second-order valence-corrected chi connectivity index (χ2v) is 5.30. The average molecular weight is 286 g/mol. The third-order valence-electron chi connectivity index (χ3n) is 2.78. The maximum absolute atomic E-state index is 12.3. The van der Waals surface area contributed by atoms with E-state index in [9.17, 15) is 20.2 Å². The van der Waals surface area contributed by atoms with Crippen molar-refractivity contribution in [2.45, 2.75) is 12.8 Å². The molecule has 1 unspecified atom stereocenters. The number of aryl methyl sites for hydroxylation is 1. The maximum atomic E-state index is 12.3. The van der Waals surface area contributed by atoms with Crippen LogP contribution in [0.4, 0.5) is 5.00 Å². The Balaban J connectivity index is 2.34. The molecule has 0 amide bonds. The Kier molecular flexibility index (Phi) is 3.91. The second-order valence-electron chi connectivity index (χ2n) is 4.24. The van der Waals surface area contributed by atoms with Gasteiger partial charge in [0.15, 0.2) is 5.78 Å². The van der Waals surface area contributed by atoms with E-state index in [1.165, 1.54) is 12.1 Å². The van der Waals surface area contributed by atoms with Gasteiger partial charge in [-0.25, -0.2) is 0 Å². The summed E-state index contributed by atoms with van der Waals surface area (Å²) in [5.74, 6) is -1.34. The van der Waals surface area contributed by atoms with E-state index in [0.29, 0.717) is 5.56 Å². The summed E-state index contributed by atoms with van der Waals surface area (Å²) in [4.78, 5) is 22.6. The SMILES string of the molecule is Cc1cccc(C(C#N)C(=O)c2ccc([N+](=O)[O-])s2)c1. The number of hydrogen-bond donors (Lipinski definition) is 0. The van der Waals surface area contributed by atoms with E-state index >= 15 is 0 Å². The highest BCUT2D eigenvalue weighted by Gasteiger charge is 2.25. The fraction of sp³-hybridized carbons (Fsp3) is 0.143. The van der Waals surface area contributed by atoms with E-state index in [1.807, 2.05) is 19.1 Å². The summed E-state index contributed by atoms with van der Waals surface area (Å²) in [6.07, 6.45) is 0. The first-order chi connectivity index (χ1) is 9.52. The third kappa shape index (κ3) is 2.73. The predicted molar refractivity (Wildman–Crippen MR) is 74.8 cm³/mol. The zero-order valence-electron chi connectivity index (χ0n) is 10.6. The van der Waals surface area contributed by atoms with Crippen LogP contribution in [0.15, 0.2) is 36.4 Å². The molecule has 1 heterocycles. The topological polar surface area (TPSA) is 84.0 Å². The van der Waals surface area contributed by atoms with Crippen molar-refractivity contribution in [2.75, 3.05) is 0 Å². The van der Waals surface area contributed by atoms with Crippen molar-refractivity contribution >= 4 is 22.1 Å². The van der Waals surface area contributed by atoms with Gasteiger partial charge in [-0.1, -0.05) is 41.2 Å². The van der Waals surface area contributed by atoms with Crippen LogP contribution in [0, 0.1) is 28.4 Å². The molecule has 0 bridgehead atoms. The number of Topliss-reactive ketones (excluding diaryl/α,β-unsaturated/α-hetero) is 1. The monoisotopic (exact) mass is 286 g/mol. The van der Waals surface area contributed by atoms with Gasteiger partial charge in [0.2, 0.25) is 0 Å². The largest absolute Gasteiger partial charge is 0.324 e. The molecule has 1 aromatic carbocycles. The fourth-order valence-corrected chi connectivity index (χ4v) is 2.63. The zero-order chi connectivity index (χ0) is 14.7. The molecular weight excluding hydrogens is 276 g/mol. The number of hydrogen-bond acceptors (Lipinski definition) is 5. The van der Waals surface area contributed by atoms with E-state index in [1.54, 1.807) is 18.2 Å². The predicted octanol–water partition coefficient (Wildman–Crippen LogP) is 3.45. The minimum Gasteiger partial charge on any atom is -0.291 e. The Hall–Kier alpha value is -2.52. The van der Waals surface area contributed by atoms with Crippen LogP contribution in [0.2, 0.25) is 0 Å². The lowest BCUT2D eigenvalue weighted by atomic mass is 9.94. The normalized spacial score (nSPS) is 11.6. The summed E-state index contributed by atoms with van der Waals surface area (Å²) in [7, 11) is 0. The van der Waals surface area contributed by atoms with Crippen molar-refractivity contribution in [3.05, 3.63) is 62.5 Å². The van der Waals surface area contributed by atoms with Crippen LogP contribution in [0.25, 0.3) is 0 Å². The minimum atomic E-state index is -0.937. The first kappa shape index (κ1) is 13.9. The van der Waals surface area contributed by atoms with Crippen molar-refractivity contribution in [1.82, 2.24) is 0 Å². The minimum absolute atomic E-state index is 0.103. The number of nitrogens with zero attached hydrogens (tertiary/aromatic N) is 2. The molecule has 1 aromatic heterocycles. The third-order valence-corrected chi connectivity index (χ3v) is 3.83.